The lowest BCUT2D eigenvalue weighted by atomic mass is 10.1. The average molecular weight is 251 g/mol. The molecule has 1 saturated carbocycles. The van der Waals surface area contributed by atoms with Gasteiger partial charge >= 0.3 is 0 Å². The monoisotopic (exact) mass is 251 g/mol. The molecule has 4 heteroatoms. The van der Waals surface area contributed by atoms with E-state index in [4.69, 9.17) is 5.26 Å². The summed E-state index contributed by atoms with van der Waals surface area (Å²) < 4.78 is 0. The normalized spacial score (nSPS) is 19.5. The smallest absolute Gasteiger partial charge is 0.237 e. The van der Waals surface area contributed by atoms with Crippen molar-refractivity contribution in [3.8, 4) is 6.07 Å². The van der Waals surface area contributed by atoms with E-state index < -0.39 is 0 Å². The zero-order chi connectivity index (χ0) is 13.5. The zero-order valence-electron chi connectivity index (χ0n) is 11.8. The molecule has 4 nitrogen and oxygen atoms in total. The van der Waals surface area contributed by atoms with Gasteiger partial charge in [0.05, 0.1) is 18.0 Å². The van der Waals surface area contributed by atoms with E-state index >= 15 is 0 Å². The van der Waals surface area contributed by atoms with Crippen LogP contribution in [0.15, 0.2) is 0 Å². The maximum absolute atomic E-state index is 12.1. The number of likely N-dealkylation sites (N-methyl/N-ethyl adjacent to an activating group) is 1. The lowest BCUT2D eigenvalue weighted by Crippen LogP contribution is -2.48. The molecule has 18 heavy (non-hydrogen) atoms. The largest absolute Gasteiger partial charge is 0.352 e. The summed E-state index contributed by atoms with van der Waals surface area (Å²) in [7, 11) is 0. The zero-order valence-corrected chi connectivity index (χ0v) is 11.8. The third kappa shape index (κ3) is 4.30. The van der Waals surface area contributed by atoms with Gasteiger partial charge in [-0.15, -0.1) is 0 Å². The fourth-order valence-electron chi connectivity index (χ4n) is 2.51. The van der Waals surface area contributed by atoms with Gasteiger partial charge in [-0.25, -0.2) is 0 Å². The van der Waals surface area contributed by atoms with Crippen LogP contribution in [0.5, 0.6) is 0 Å². The van der Waals surface area contributed by atoms with Gasteiger partial charge in [0.2, 0.25) is 5.91 Å². The van der Waals surface area contributed by atoms with Crippen molar-refractivity contribution in [1.29, 1.82) is 5.26 Å². The number of carbonyl (C=O) groups excluding carboxylic acids is 1. The van der Waals surface area contributed by atoms with E-state index in [0.29, 0.717) is 12.6 Å². The summed E-state index contributed by atoms with van der Waals surface area (Å²) in [6.07, 6.45) is 4.67. The Labute approximate surface area is 110 Å². The van der Waals surface area contributed by atoms with Gasteiger partial charge < -0.3 is 5.32 Å². The Bertz CT molecular complexity index is 305. The number of amides is 1. The minimum absolute atomic E-state index is 0.0355. The van der Waals surface area contributed by atoms with Gasteiger partial charge in [-0.05, 0) is 33.2 Å². The highest BCUT2D eigenvalue weighted by Gasteiger charge is 2.24. The van der Waals surface area contributed by atoms with Gasteiger partial charge in [-0.1, -0.05) is 19.8 Å². The van der Waals surface area contributed by atoms with Crippen LogP contribution in [-0.4, -0.2) is 36.0 Å². The van der Waals surface area contributed by atoms with Crippen LogP contribution < -0.4 is 5.32 Å². The maximum atomic E-state index is 12.1. The van der Waals surface area contributed by atoms with E-state index in [1.807, 2.05) is 20.8 Å². The first kappa shape index (κ1) is 15.0. The van der Waals surface area contributed by atoms with E-state index in [1.165, 1.54) is 12.8 Å². The van der Waals surface area contributed by atoms with E-state index in [1.54, 1.807) is 0 Å². The quantitative estimate of drug-likeness (QED) is 0.784. The lowest BCUT2D eigenvalue weighted by Gasteiger charge is -2.28. The third-order valence-corrected chi connectivity index (χ3v) is 3.76. The van der Waals surface area contributed by atoms with Gasteiger partial charge in [-0.2, -0.15) is 5.26 Å². The Kier molecular flexibility index (Phi) is 6.14. The predicted octanol–water partition coefficient (Wildman–Crippen LogP) is 1.92. The molecule has 2 atom stereocenters. The number of hydrogen-bond acceptors (Lipinski definition) is 3. The van der Waals surface area contributed by atoms with Crippen molar-refractivity contribution in [3.05, 3.63) is 0 Å². The second-order valence-corrected chi connectivity index (χ2v) is 5.28. The molecule has 0 aromatic rings. The standard InChI is InChI=1S/C14H25N3O/c1-4-17(10-11(2)9-15)12(3)14(18)16-13-7-5-6-8-13/h11-13H,4-8,10H2,1-3H3,(H,16,18). The minimum Gasteiger partial charge on any atom is -0.352 e. The summed E-state index contributed by atoms with van der Waals surface area (Å²) in [5.41, 5.74) is 0. The average Bonchev–Trinajstić information content (AvgIpc) is 2.87. The molecule has 1 amide bonds. The molecule has 0 aliphatic heterocycles. The number of nitrogens with zero attached hydrogens (tertiary/aromatic N) is 2. The molecule has 1 rings (SSSR count). The lowest BCUT2D eigenvalue weighted by molar-refractivity contribution is -0.126. The Hall–Kier alpha value is -1.08. The van der Waals surface area contributed by atoms with Crippen molar-refractivity contribution >= 4 is 5.91 Å². The highest BCUT2D eigenvalue weighted by molar-refractivity contribution is 5.81. The van der Waals surface area contributed by atoms with Crippen LogP contribution in [0.25, 0.3) is 0 Å². The fourth-order valence-corrected chi connectivity index (χ4v) is 2.51. The van der Waals surface area contributed by atoms with Crippen LogP contribution in [-0.2, 0) is 4.79 Å². The summed E-state index contributed by atoms with van der Waals surface area (Å²) in [5, 5.41) is 12.0. The first-order chi connectivity index (χ1) is 8.58. The first-order valence-electron chi connectivity index (χ1n) is 7.02. The fraction of sp³-hybridized carbons (Fsp3) is 0.857. The van der Waals surface area contributed by atoms with Crippen LogP contribution >= 0.6 is 0 Å². The second-order valence-electron chi connectivity index (χ2n) is 5.28. The number of nitriles is 1. The van der Waals surface area contributed by atoms with Crippen LogP contribution in [0.4, 0.5) is 0 Å². The second kappa shape index (κ2) is 7.38. The van der Waals surface area contributed by atoms with Gasteiger partial charge in [0.1, 0.15) is 0 Å². The summed E-state index contributed by atoms with van der Waals surface area (Å²) in [5.74, 6) is 0.0700. The molecule has 0 radical (unpaired) electrons. The Balaban J connectivity index is 2.46. The highest BCUT2D eigenvalue weighted by Crippen LogP contribution is 2.18. The van der Waals surface area contributed by atoms with E-state index in [0.717, 1.165) is 19.4 Å². The Morgan fingerprint density at radius 3 is 2.56 bits per heavy atom. The van der Waals surface area contributed by atoms with Crippen LogP contribution in [0.1, 0.15) is 46.5 Å². The number of carbonyl (C=O) groups is 1. The van der Waals surface area contributed by atoms with E-state index in [-0.39, 0.29) is 17.9 Å². The molecular formula is C14H25N3O. The van der Waals surface area contributed by atoms with Gasteiger partial charge in [-0.3, -0.25) is 9.69 Å². The molecule has 1 N–H and O–H groups in total. The Morgan fingerprint density at radius 1 is 1.44 bits per heavy atom. The number of rotatable bonds is 6. The predicted molar refractivity (Wildman–Crippen MR) is 71.9 cm³/mol. The van der Waals surface area contributed by atoms with Crippen molar-refractivity contribution in [3.63, 3.8) is 0 Å². The molecule has 0 heterocycles. The van der Waals surface area contributed by atoms with Crippen LogP contribution in [0.3, 0.4) is 0 Å². The molecular weight excluding hydrogens is 226 g/mol. The molecule has 2 unspecified atom stereocenters. The molecule has 0 aromatic carbocycles. The summed E-state index contributed by atoms with van der Waals surface area (Å²) in [6, 6.07) is 2.44. The molecule has 1 aliphatic rings. The van der Waals surface area contributed by atoms with Crippen LogP contribution in [0, 0.1) is 17.2 Å². The van der Waals surface area contributed by atoms with Crippen molar-refractivity contribution in [2.45, 2.75) is 58.5 Å². The topological polar surface area (TPSA) is 56.1 Å². The van der Waals surface area contributed by atoms with Crippen LogP contribution in [0.2, 0.25) is 0 Å². The van der Waals surface area contributed by atoms with Gasteiger partial charge in [0.25, 0.3) is 0 Å². The molecule has 102 valence electrons. The van der Waals surface area contributed by atoms with Crippen molar-refractivity contribution in [2.75, 3.05) is 13.1 Å². The molecule has 0 aromatic heterocycles. The van der Waals surface area contributed by atoms with Crippen molar-refractivity contribution in [2.24, 2.45) is 5.92 Å². The summed E-state index contributed by atoms with van der Waals surface area (Å²) >= 11 is 0. The molecule has 0 spiro atoms. The Morgan fingerprint density at radius 2 is 2.06 bits per heavy atom. The first-order valence-corrected chi connectivity index (χ1v) is 7.02. The minimum atomic E-state index is -0.147. The SMILES string of the molecule is CCN(CC(C)C#N)C(C)C(=O)NC1CCCC1. The van der Waals surface area contributed by atoms with Gasteiger partial charge in [0.15, 0.2) is 0 Å². The molecule has 1 aliphatic carbocycles. The third-order valence-electron chi connectivity index (χ3n) is 3.76. The molecule has 0 saturated heterocycles. The van der Waals surface area contributed by atoms with E-state index in [9.17, 15) is 4.79 Å². The molecule has 0 bridgehead atoms. The van der Waals surface area contributed by atoms with Crippen molar-refractivity contribution in [1.82, 2.24) is 10.2 Å². The maximum Gasteiger partial charge on any atom is 0.237 e. The number of hydrogen-bond donors (Lipinski definition) is 1. The molecule has 1 fully saturated rings. The summed E-state index contributed by atoms with van der Waals surface area (Å²) in [4.78, 5) is 14.2. The highest BCUT2D eigenvalue weighted by atomic mass is 16.2. The van der Waals surface area contributed by atoms with Crippen molar-refractivity contribution < 1.29 is 4.79 Å². The van der Waals surface area contributed by atoms with Gasteiger partial charge in [0, 0.05) is 12.6 Å². The summed E-state index contributed by atoms with van der Waals surface area (Å²) in [6.45, 7) is 7.31. The number of nitrogens with one attached hydrogen (secondary N) is 1. The van der Waals surface area contributed by atoms with E-state index in [2.05, 4.69) is 16.3 Å².